The molecule has 0 aliphatic carbocycles. The lowest BCUT2D eigenvalue weighted by molar-refractivity contribution is -0.122. The molecule has 0 aliphatic rings. The molecule has 1 aromatic rings. The van der Waals surface area contributed by atoms with Crippen LogP contribution >= 0.6 is 11.3 Å². The van der Waals surface area contributed by atoms with Gasteiger partial charge in [-0.1, -0.05) is 0 Å². The van der Waals surface area contributed by atoms with Crippen LogP contribution in [0.5, 0.6) is 0 Å². The summed E-state index contributed by atoms with van der Waals surface area (Å²) < 4.78 is 0. The molecule has 2 atom stereocenters. The summed E-state index contributed by atoms with van der Waals surface area (Å²) in [6.45, 7) is 6.44. The smallest absolute Gasteiger partial charge is 0.236 e. The maximum atomic E-state index is 11.5. The van der Waals surface area contributed by atoms with Gasteiger partial charge in [-0.25, -0.2) is 4.98 Å². The van der Waals surface area contributed by atoms with Gasteiger partial charge < -0.3 is 5.32 Å². The molecule has 0 bridgehead atoms. The molecule has 0 fully saturated rings. The van der Waals surface area contributed by atoms with Crippen LogP contribution in [0.1, 0.15) is 31.8 Å². The molecular formula is C10H17N3OS. The third-order valence-electron chi connectivity index (χ3n) is 2.07. The third-order valence-corrected chi connectivity index (χ3v) is 3.02. The Morgan fingerprint density at radius 2 is 2.33 bits per heavy atom. The summed E-state index contributed by atoms with van der Waals surface area (Å²) in [5, 5.41) is 8.92. The van der Waals surface area contributed by atoms with Gasteiger partial charge in [-0.3, -0.25) is 10.1 Å². The molecule has 15 heavy (non-hydrogen) atoms. The maximum absolute atomic E-state index is 11.5. The first kappa shape index (κ1) is 12.1. The van der Waals surface area contributed by atoms with Gasteiger partial charge in [0.1, 0.15) is 5.01 Å². The Balaban J connectivity index is 2.44. The molecule has 4 nitrogen and oxygen atoms in total. The van der Waals surface area contributed by atoms with Crippen LogP contribution in [0.15, 0.2) is 11.6 Å². The van der Waals surface area contributed by atoms with E-state index in [1.165, 1.54) is 0 Å². The lowest BCUT2D eigenvalue weighted by atomic mass is 10.2. The fraction of sp³-hybridized carbons (Fsp3) is 0.600. The molecule has 0 spiro atoms. The zero-order valence-electron chi connectivity index (χ0n) is 9.28. The van der Waals surface area contributed by atoms with Gasteiger partial charge in [0.2, 0.25) is 5.91 Å². The van der Waals surface area contributed by atoms with Crippen molar-refractivity contribution in [2.24, 2.45) is 0 Å². The summed E-state index contributed by atoms with van der Waals surface area (Å²) in [6, 6.07) is -0.0774. The van der Waals surface area contributed by atoms with Crippen LogP contribution in [0.25, 0.3) is 0 Å². The second kappa shape index (κ2) is 5.82. The zero-order chi connectivity index (χ0) is 11.3. The summed E-state index contributed by atoms with van der Waals surface area (Å²) in [5.41, 5.74) is 0. The third kappa shape index (κ3) is 3.60. The Hall–Kier alpha value is -0.940. The van der Waals surface area contributed by atoms with E-state index in [4.69, 9.17) is 0 Å². The lowest BCUT2D eigenvalue weighted by Crippen LogP contribution is -2.42. The van der Waals surface area contributed by atoms with Gasteiger partial charge in [-0.15, -0.1) is 11.3 Å². The van der Waals surface area contributed by atoms with E-state index in [1.54, 1.807) is 17.5 Å². The summed E-state index contributed by atoms with van der Waals surface area (Å²) in [4.78, 5) is 15.7. The molecule has 1 rings (SSSR count). The SMILES string of the molecule is CCNC(=O)C(C)NC(C)c1nccs1. The van der Waals surface area contributed by atoms with E-state index in [2.05, 4.69) is 15.6 Å². The predicted molar refractivity (Wildman–Crippen MR) is 61.8 cm³/mol. The first-order chi connectivity index (χ1) is 7.15. The van der Waals surface area contributed by atoms with E-state index in [0.29, 0.717) is 6.54 Å². The Kier molecular flexibility index (Phi) is 4.71. The molecule has 0 saturated heterocycles. The molecule has 0 saturated carbocycles. The molecule has 2 N–H and O–H groups in total. The second-order valence-corrected chi connectivity index (χ2v) is 4.30. The van der Waals surface area contributed by atoms with Gasteiger partial charge in [0.15, 0.2) is 0 Å². The molecule has 0 aromatic carbocycles. The molecule has 1 amide bonds. The highest BCUT2D eigenvalue weighted by atomic mass is 32.1. The van der Waals surface area contributed by atoms with E-state index < -0.39 is 0 Å². The van der Waals surface area contributed by atoms with Gasteiger partial charge in [0, 0.05) is 18.1 Å². The van der Waals surface area contributed by atoms with E-state index in [0.717, 1.165) is 5.01 Å². The van der Waals surface area contributed by atoms with Crippen LogP contribution in [0.2, 0.25) is 0 Å². The van der Waals surface area contributed by atoms with E-state index in [9.17, 15) is 4.79 Å². The molecular weight excluding hydrogens is 210 g/mol. The fourth-order valence-corrected chi connectivity index (χ4v) is 1.95. The number of amides is 1. The van der Waals surface area contributed by atoms with E-state index in [1.807, 2.05) is 26.2 Å². The lowest BCUT2D eigenvalue weighted by Gasteiger charge is -2.17. The van der Waals surface area contributed by atoms with Crippen molar-refractivity contribution in [2.45, 2.75) is 32.9 Å². The second-order valence-electron chi connectivity index (χ2n) is 3.37. The van der Waals surface area contributed by atoms with Crippen molar-refractivity contribution in [3.8, 4) is 0 Å². The molecule has 0 radical (unpaired) electrons. The first-order valence-corrected chi connectivity index (χ1v) is 5.96. The fourth-order valence-electron chi connectivity index (χ4n) is 1.30. The number of carbonyl (C=O) groups excluding carboxylic acids is 1. The van der Waals surface area contributed by atoms with Gasteiger partial charge in [0.25, 0.3) is 0 Å². The number of likely N-dealkylation sites (N-methyl/N-ethyl adjacent to an activating group) is 1. The number of hydrogen-bond acceptors (Lipinski definition) is 4. The highest BCUT2D eigenvalue weighted by molar-refractivity contribution is 7.09. The Morgan fingerprint density at radius 3 is 2.87 bits per heavy atom. The number of nitrogens with zero attached hydrogens (tertiary/aromatic N) is 1. The molecule has 5 heteroatoms. The Labute approximate surface area is 94.1 Å². The average Bonchev–Trinajstić information content (AvgIpc) is 2.70. The van der Waals surface area contributed by atoms with Gasteiger partial charge in [-0.2, -0.15) is 0 Å². The normalized spacial score (nSPS) is 14.6. The number of carbonyl (C=O) groups is 1. The van der Waals surface area contributed by atoms with E-state index >= 15 is 0 Å². The minimum Gasteiger partial charge on any atom is -0.355 e. The monoisotopic (exact) mass is 227 g/mol. The van der Waals surface area contributed by atoms with Crippen LogP contribution in [-0.2, 0) is 4.79 Å². The van der Waals surface area contributed by atoms with Crippen LogP contribution in [0.3, 0.4) is 0 Å². The van der Waals surface area contributed by atoms with Gasteiger partial charge in [-0.05, 0) is 20.8 Å². The van der Waals surface area contributed by atoms with Crippen molar-refractivity contribution in [3.63, 3.8) is 0 Å². The summed E-state index contributed by atoms with van der Waals surface area (Å²) >= 11 is 1.59. The minimum atomic E-state index is -0.191. The predicted octanol–water partition coefficient (Wildman–Crippen LogP) is 1.32. The molecule has 84 valence electrons. The Morgan fingerprint density at radius 1 is 1.60 bits per heavy atom. The number of rotatable bonds is 5. The average molecular weight is 227 g/mol. The summed E-state index contributed by atoms with van der Waals surface area (Å²) in [5.74, 6) is 0.0286. The largest absolute Gasteiger partial charge is 0.355 e. The van der Waals surface area contributed by atoms with Crippen LogP contribution in [-0.4, -0.2) is 23.5 Å². The topological polar surface area (TPSA) is 54.0 Å². The highest BCUT2D eigenvalue weighted by Crippen LogP contribution is 2.15. The molecule has 1 aromatic heterocycles. The van der Waals surface area contributed by atoms with Crippen molar-refractivity contribution in [1.29, 1.82) is 0 Å². The van der Waals surface area contributed by atoms with Gasteiger partial charge in [0.05, 0.1) is 12.1 Å². The van der Waals surface area contributed by atoms with Gasteiger partial charge >= 0.3 is 0 Å². The quantitative estimate of drug-likeness (QED) is 0.797. The van der Waals surface area contributed by atoms with E-state index in [-0.39, 0.29) is 18.0 Å². The minimum absolute atomic E-state index is 0.0286. The molecule has 0 aliphatic heterocycles. The zero-order valence-corrected chi connectivity index (χ0v) is 10.1. The summed E-state index contributed by atoms with van der Waals surface area (Å²) in [7, 11) is 0. The van der Waals surface area contributed by atoms with Crippen LogP contribution in [0.4, 0.5) is 0 Å². The van der Waals surface area contributed by atoms with Crippen molar-refractivity contribution in [3.05, 3.63) is 16.6 Å². The number of thiazole rings is 1. The van der Waals surface area contributed by atoms with Crippen molar-refractivity contribution in [1.82, 2.24) is 15.6 Å². The standard InChI is InChI=1S/C10H17N3OS/c1-4-11-9(14)7(2)13-8(3)10-12-5-6-15-10/h5-8,13H,4H2,1-3H3,(H,11,14). The number of aromatic nitrogens is 1. The number of nitrogens with one attached hydrogen (secondary N) is 2. The number of hydrogen-bond donors (Lipinski definition) is 2. The molecule has 2 unspecified atom stereocenters. The molecule has 1 heterocycles. The maximum Gasteiger partial charge on any atom is 0.236 e. The van der Waals surface area contributed by atoms with Crippen molar-refractivity contribution >= 4 is 17.2 Å². The van der Waals surface area contributed by atoms with Crippen molar-refractivity contribution < 1.29 is 4.79 Å². The first-order valence-electron chi connectivity index (χ1n) is 5.08. The van der Waals surface area contributed by atoms with Crippen LogP contribution in [0, 0.1) is 0 Å². The van der Waals surface area contributed by atoms with Crippen LogP contribution < -0.4 is 10.6 Å². The summed E-state index contributed by atoms with van der Waals surface area (Å²) in [6.07, 6.45) is 1.77. The highest BCUT2D eigenvalue weighted by Gasteiger charge is 2.16. The van der Waals surface area contributed by atoms with Crippen molar-refractivity contribution in [2.75, 3.05) is 6.54 Å². The Bertz CT molecular complexity index is 300.